The summed E-state index contributed by atoms with van der Waals surface area (Å²) in [6.07, 6.45) is 2.70. The van der Waals surface area contributed by atoms with Crippen LogP contribution in [0.1, 0.15) is 18.4 Å². The molecule has 142 valence electrons. The summed E-state index contributed by atoms with van der Waals surface area (Å²) in [5.41, 5.74) is 1.06. The van der Waals surface area contributed by atoms with Crippen molar-refractivity contribution in [2.24, 2.45) is 0 Å². The van der Waals surface area contributed by atoms with Gasteiger partial charge in [-0.25, -0.2) is 0 Å². The van der Waals surface area contributed by atoms with Gasteiger partial charge in [-0.3, -0.25) is 14.5 Å². The van der Waals surface area contributed by atoms with Crippen LogP contribution in [0.3, 0.4) is 0 Å². The topological polar surface area (TPSA) is 43.9 Å². The normalized spacial score (nSPS) is 18.2. The average molecular weight is 365 g/mol. The third-order valence-electron chi connectivity index (χ3n) is 5.71. The standard InChI is InChI=1S/C22H27N3O2/c26-21(16-18-7-8-19-5-1-2-6-20(19)15-18)25-13-11-23(12-14-25)17-22(27)24-9-3-4-10-24/h1-2,5-8,15H,3-4,9-14,16-17H2. The van der Waals surface area contributed by atoms with Crippen molar-refractivity contribution < 1.29 is 9.59 Å². The Kier molecular flexibility index (Phi) is 5.39. The van der Waals surface area contributed by atoms with Crippen LogP contribution in [-0.2, 0) is 16.0 Å². The molecule has 4 rings (SSSR count). The lowest BCUT2D eigenvalue weighted by Gasteiger charge is -2.35. The van der Waals surface area contributed by atoms with Gasteiger partial charge < -0.3 is 9.80 Å². The minimum atomic E-state index is 0.177. The van der Waals surface area contributed by atoms with E-state index in [2.05, 4.69) is 29.2 Å². The highest BCUT2D eigenvalue weighted by Crippen LogP contribution is 2.17. The van der Waals surface area contributed by atoms with Crippen LogP contribution in [0.15, 0.2) is 42.5 Å². The van der Waals surface area contributed by atoms with Crippen LogP contribution in [0.4, 0.5) is 0 Å². The molecule has 0 bridgehead atoms. The SMILES string of the molecule is O=C(Cc1ccc2ccccc2c1)N1CCN(CC(=O)N2CCCC2)CC1. The Morgan fingerprint density at radius 2 is 1.41 bits per heavy atom. The molecule has 0 aromatic heterocycles. The molecular weight excluding hydrogens is 338 g/mol. The lowest BCUT2D eigenvalue weighted by atomic mass is 10.0. The molecule has 5 nitrogen and oxygen atoms in total. The first kappa shape index (κ1) is 18.0. The van der Waals surface area contributed by atoms with Crippen molar-refractivity contribution >= 4 is 22.6 Å². The predicted molar refractivity (Wildman–Crippen MR) is 106 cm³/mol. The van der Waals surface area contributed by atoms with E-state index in [1.165, 1.54) is 10.8 Å². The number of likely N-dealkylation sites (tertiary alicyclic amines) is 1. The molecular formula is C22H27N3O2. The van der Waals surface area contributed by atoms with Crippen LogP contribution in [0.5, 0.6) is 0 Å². The van der Waals surface area contributed by atoms with Gasteiger partial charge in [-0.05, 0) is 29.2 Å². The van der Waals surface area contributed by atoms with Gasteiger partial charge in [0.2, 0.25) is 11.8 Å². The highest BCUT2D eigenvalue weighted by molar-refractivity contribution is 5.85. The van der Waals surface area contributed by atoms with Crippen LogP contribution < -0.4 is 0 Å². The summed E-state index contributed by atoms with van der Waals surface area (Å²) in [5.74, 6) is 0.416. The number of benzene rings is 2. The van der Waals surface area contributed by atoms with Crippen molar-refractivity contribution in [3.05, 3.63) is 48.0 Å². The molecule has 0 N–H and O–H groups in total. The first-order valence-corrected chi connectivity index (χ1v) is 9.95. The van der Waals surface area contributed by atoms with Crippen molar-refractivity contribution in [1.29, 1.82) is 0 Å². The fourth-order valence-electron chi connectivity index (χ4n) is 4.05. The van der Waals surface area contributed by atoms with Gasteiger partial charge in [-0.2, -0.15) is 0 Å². The van der Waals surface area contributed by atoms with Gasteiger partial charge in [0, 0.05) is 39.3 Å². The molecule has 0 spiro atoms. The largest absolute Gasteiger partial charge is 0.342 e. The number of carbonyl (C=O) groups is 2. The Morgan fingerprint density at radius 3 is 2.15 bits per heavy atom. The van der Waals surface area contributed by atoms with Crippen LogP contribution in [0, 0.1) is 0 Å². The second kappa shape index (κ2) is 8.09. The molecule has 2 aromatic carbocycles. The van der Waals surface area contributed by atoms with Gasteiger partial charge in [-0.15, -0.1) is 0 Å². The summed E-state index contributed by atoms with van der Waals surface area (Å²) in [5, 5.41) is 2.37. The minimum Gasteiger partial charge on any atom is -0.342 e. The maximum Gasteiger partial charge on any atom is 0.236 e. The zero-order valence-electron chi connectivity index (χ0n) is 15.8. The van der Waals surface area contributed by atoms with Gasteiger partial charge in [-0.1, -0.05) is 42.5 Å². The minimum absolute atomic E-state index is 0.177. The quantitative estimate of drug-likeness (QED) is 0.834. The Morgan fingerprint density at radius 1 is 0.741 bits per heavy atom. The highest BCUT2D eigenvalue weighted by atomic mass is 16.2. The van der Waals surface area contributed by atoms with Crippen LogP contribution >= 0.6 is 0 Å². The van der Waals surface area contributed by atoms with E-state index >= 15 is 0 Å². The second-order valence-corrected chi connectivity index (χ2v) is 7.60. The van der Waals surface area contributed by atoms with E-state index in [4.69, 9.17) is 0 Å². The molecule has 0 radical (unpaired) electrons. The van der Waals surface area contributed by atoms with E-state index < -0.39 is 0 Å². The van der Waals surface area contributed by atoms with Gasteiger partial charge in [0.1, 0.15) is 0 Å². The van der Waals surface area contributed by atoms with Gasteiger partial charge in [0.15, 0.2) is 0 Å². The predicted octanol–water partition coefficient (Wildman–Crippen LogP) is 2.15. The molecule has 0 aliphatic carbocycles. The molecule has 0 saturated carbocycles. The zero-order valence-corrected chi connectivity index (χ0v) is 15.8. The molecule has 2 aromatic rings. The highest BCUT2D eigenvalue weighted by Gasteiger charge is 2.25. The van der Waals surface area contributed by atoms with E-state index in [0.717, 1.165) is 44.6 Å². The fraction of sp³-hybridized carbons (Fsp3) is 0.455. The average Bonchev–Trinajstić information content (AvgIpc) is 3.23. The van der Waals surface area contributed by atoms with Crippen molar-refractivity contribution in [3.63, 3.8) is 0 Å². The summed E-state index contributed by atoms with van der Waals surface area (Å²) in [7, 11) is 0. The van der Waals surface area contributed by atoms with E-state index in [-0.39, 0.29) is 11.8 Å². The summed E-state index contributed by atoms with van der Waals surface area (Å²) in [6, 6.07) is 14.5. The number of amides is 2. The van der Waals surface area contributed by atoms with Crippen molar-refractivity contribution in [3.8, 4) is 0 Å². The maximum absolute atomic E-state index is 12.7. The van der Waals surface area contributed by atoms with Crippen molar-refractivity contribution in [2.75, 3.05) is 45.8 Å². The number of hydrogen-bond donors (Lipinski definition) is 0. The van der Waals surface area contributed by atoms with E-state index in [0.29, 0.717) is 26.1 Å². The van der Waals surface area contributed by atoms with E-state index in [9.17, 15) is 9.59 Å². The lowest BCUT2D eigenvalue weighted by Crippen LogP contribution is -2.51. The fourth-order valence-corrected chi connectivity index (χ4v) is 4.05. The number of rotatable bonds is 4. The van der Waals surface area contributed by atoms with Gasteiger partial charge in [0.05, 0.1) is 13.0 Å². The van der Waals surface area contributed by atoms with Crippen LogP contribution in [0.2, 0.25) is 0 Å². The molecule has 2 saturated heterocycles. The Hall–Kier alpha value is -2.40. The molecule has 2 heterocycles. The molecule has 0 atom stereocenters. The van der Waals surface area contributed by atoms with E-state index in [1.807, 2.05) is 28.0 Å². The molecule has 2 aliphatic rings. The molecule has 2 amide bonds. The second-order valence-electron chi connectivity index (χ2n) is 7.60. The van der Waals surface area contributed by atoms with Crippen LogP contribution in [0.25, 0.3) is 10.8 Å². The first-order chi connectivity index (χ1) is 13.2. The monoisotopic (exact) mass is 365 g/mol. The molecule has 5 heteroatoms. The molecule has 27 heavy (non-hydrogen) atoms. The van der Waals surface area contributed by atoms with Crippen molar-refractivity contribution in [2.45, 2.75) is 19.3 Å². The smallest absolute Gasteiger partial charge is 0.236 e. The van der Waals surface area contributed by atoms with Gasteiger partial charge in [0.25, 0.3) is 0 Å². The van der Waals surface area contributed by atoms with Crippen LogP contribution in [-0.4, -0.2) is 72.3 Å². The third-order valence-corrected chi connectivity index (χ3v) is 5.71. The molecule has 0 unspecified atom stereocenters. The lowest BCUT2D eigenvalue weighted by molar-refractivity contribution is -0.134. The third kappa shape index (κ3) is 4.30. The Labute approximate surface area is 160 Å². The number of hydrogen-bond acceptors (Lipinski definition) is 3. The first-order valence-electron chi connectivity index (χ1n) is 9.95. The summed E-state index contributed by atoms with van der Waals surface area (Å²) >= 11 is 0. The van der Waals surface area contributed by atoms with Gasteiger partial charge >= 0.3 is 0 Å². The zero-order chi connectivity index (χ0) is 18.6. The number of carbonyl (C=O) groups excluding carboxylic acids is 2. The maximum atomic E-state index is 12.7. The molecule has 2 aliphatic heterocycles. The number of nitrogens with zero attached hydrogens (tertiary/aromatic N) is 3. The Bertz CT molecular complexity index is 821. The summed E-state index contributed by atoms with van der Waals surface area (Å²) in [4.78, 5) is 31.0. The van der Waals surface area contributed by atoms with Crippen molar-refractivity contribution in [1.82, 2.24) is 14.7 Å². The number of fused-ring (bicyclic) bond motifs is 1. The summed E-state index contributed by atoms with van der Waals surface area (Å²) < 4.78 is 0. The summed E-state index contributed by atoms with van der Waals surface area (Å²) in [6.45, 7) is 5.28. The molecule has 2 fully saturated rings. The van der Waals surface area contributed by atoms with E-state index in [1.54, 1.807) is 0 Å². The Balaban J connectivity index is 1.28. The number of piperazine rings is 1.